The van der Waals surface area contributed by atoms with Gasteiger partial charge in [0.25, 0.3) is 0 Å². The Labute approximate surface area is 567 Å². The molecule has 0 aromatic carbocycles. The highest BCUT2D eigenvalue weighted by molar-refractivity contribution is 5.96. The van der Waals surface area contributed by atoms with Crippen LogP contribution in [0.1, 0.15) is 387 Å². The Bertz CT molecular complexity index is 1460. The molecule has 6 atom stereocenters. The van der Waals surface area contributed by atoms with Crippen LogP contribution < -0.4 is 10.6 Å². The summed E-state index contributed by atoms with van der Waals surface area (Å²) >= 11 is 0. The number of hydrogen-bond acceptors (Lipinski definition) is 12. The van der Waals surface area contributed by atoms with Crippen molar-refractivity contribution in [2.75, 3.05) is 52.5 Å². The third kappa shape index (κ3) is 56.8. The lowest BCUT2D eigenvalue weighted by atomic mass is 10.0. The standard InChI is InChI=1S/C78H152N4O10/c1-5-9-13-17-21-25-29-33-37-41-45-49-53-69(83)65-81(66-70(84)54-50-46-42-38-34-30-26-22-18-14-10-6-2)61-57-75(87)91-63-59-73-77(89)80-74(78(90)79-73)60-64-92-76(88)58-62-82(67-71(85)55-51-47-43-39-35-31-27-23-19-15-11-7-3)68-72(86)56-52-48-44-40-36-32-28-24-20-16-12-8-4/h69-74,83-86H,5-68H2,1-4H3,(H,79,90)(H,80,89). The summed E-state index contributed by atoms with van der Waals surface area (Å²) in [5.74, 6) is -1.68. The van der Waals surface area contributed by atoms with E-state index in [0.717, 1.165) is 51.4 Å². The molecule has 14 heteroatoms. The van der Waals surface area contributed by atoms with Crippen molar-refractivity contribution in [3.63, 3.8) is 0 Å². The van der Waals surface area contributed by atoms with E-state index in [4.69, 9.17) is 9.47 Å². The van der Waals surface area contributed by atoms with Crippen molar-refractivity contribution in [3.05, 3.63) is 0 Å². The molecule has 1 aliphatic heterocycles. The molecule has 0 radical (unpaired) electrons. The summed E-state index contributed by atoms with van der Waals surface area (Å²) in [7, 11) is 0. The quantitative estimate of drug-likeness (QED) is 0.0249. The van der Waals surface area contributed by atoms with E-state index in [0.29, 0.717) is 65.0 Å². The number of rotatable bonds is 72. The molecule has 6 N–H and O–H groups in total. The second-order valence-corrected chi connectivity index (χ2v) is 28.5. The monoisotopic (exact) mass is 1310 g/mol. The van der Waals surface area contributed by atoms with Crippen LogP contribution in [0, 0.1) is 0 Å². The Kier molecular flexibility index (Phi) is 62.8. The normalized spacial score (nSPS) is 15.7. The van der Waals surface area contributed by atoms with Gasteiger partial charge in [0.1, 0.15) is 12.1 Å². The molecule has 1 saturated heterocycles. The van der Waals surface area contributed by atoms with E-state index in [1.165, 1.54) is 257 Å². The summed E-state index contributed by atoms with van der Waals surface area (Å²) in [6.07, 6.45) is 61.2. The van der Waals surface area contributed by atoms with E-state index in [1.54, 1.807) is 0 Å². The molecular weight excluding hydrogens is 1150 g/mol. The van der Waals surface area contributed by atoms with Gasteiger partial charge in [0.05, 0.1) is 50.5 Å². The molecule has 1 heterocycles. The van der Waals surface area contributed by atoms with Gasteiger partial charge in [0.2, 0.25) is 11.8 Å². The maximum atomic E-state index is 13.2. The lowest BCUT2D eigenvalue weighted by molar-refractivity contribution is -0.147. The van der Waals surface area contributed by atoms with Gasteiger partial charge >= 0.3 is 11.9 Å². The predicted molar refractivity (Wildman–Crippen MR) is 384 cm³/mol. The highest BCUT2D eigenvalue weighted by Crippen LogP contribution is 2.20. The van der Waals surface area contributed by atoms with Crippen LogP contribution in [-0.2, 0) is 28.7 Å². The number of hydrogen-bond donors (Lipinski definition) is 6. The van der Waals surface area contributed by atoms with Crippen LogP contribution in [0.15, 0.2) is 0 Å². The van der Waals surface area contributed by atoms with Crippen LogP contribution in [0.25, 0.3) is 0 Å². The Balaban J connectivity index is 2.60. The molecule has 0 aromatic heterocycles. The van der Waals surface area contributed by atoms with Crippen molar-refractivity contribution in [1.82, 2.24) is 20.4 Å². The van der Waals surface area contributed by atoms with Gasteiger partial charge in [-0.2, -0.15) is 0 Å². The summed E-state index contributed by atoms with van der Waals surface area (Å²) in [4.78, 5) is 56.6. The van der Waals surface area contributed by atoms with Crippen molar-refractivity contribution in [2.45, 2.75) is 424 Å². The fourth-order valence-electron chi connectivity index (χ4n) is 13.3. The minimum Gasteiger partial charge on any atom is -0.466 e. The van der Waals surface area contributed by atoms with Crippen LogP contribution in [-0.4, -0.2) is 143 Å². The molecule has 544 valence electrons. The highest BCUT2D eigenvalue weighted by Gasteiger charge is 2.34. The van der Waals surface area contributed by atoms with E-state index in [-0.39, 0.29) is 38.9 Å². The smallest absolute Gasteiger partial charge is 0.307 e. The molecule has 0 aromatic rings. The maximum absolute atomic E-state index is 13.2. The average molecular weight is 1310 g/mol. The number of ether oxygens (including phenoxy) is 2. The van der Waals surface area contributed by atoms with Crippen LogP contribution in [0.3, 0.4) is 0 Å². The molecule has 2 amide bonds. The Morgan fingerprint density at radius 2 is 0.511 bits per heavy atom. The molecule has 6 unspecified atom stereocenters. The number of carbonyl (C=O) groups is 4. The molecule has 0 saturated carbocycles. The minimum atomic E-state index is -0.882. The van der Waals surface area contributed by atoms with Gasteiger partial charge in [-0.1, -0.05) is 336 Å². The topological polar surface area (TPSA) is 198 Å². The molecule has 1 rings (SSSR count). The van der Waals surface area contributed by atoms with Gasteiger partial charge in [0.15, 0.2) is 0 Å². The minimum absolute atomic E-state index is 0.0630. The van der Waals surface area contributed by atoms with E-state index in [2.05, 4.69) is 38.3 Å². The van der Waals surface area contributed by atoms with Crippen molar-refractivity contribution < 1.29 is 49.1 Å². The fourth-order valence-corrected chi connectivity index (χ4v) is 13.3. The van der Waals surface area contributed by atoms with Crippen molar-refractivity contribution in [1.29, 1.82) is 0 Å². The van der Waals surface area contributed by atoms with Gasteiger partial charge in [-0.3, -0.25) is 29.0 Å². The molecule has 1 fully saturated rings. The number of unbranched alkanes of at least 4 members (excludes halogenated alkanes) is 44. The summed E-state index contributed by atoms with van der Waals surface area (Å²) in [6.45, 7) is 11.1. The number of esters is 2. The lowest BCUT2D eigenvalue weighted by Gasteiger charge is -2.29. The van der Waals surface area contributed by atoms with Gasteiger partial charge in [-0.25, -0.2) is 0 Å². The van der Waals surface area contributed by atoms with Gasteiger partial charge in [0, 0.05) is 52.1 Å². The first-order chi connectivity index (χ1) is 44.9. The first kappa shape index (κ1) is 87.7. The molecular formula is C78H152N4O10. The predicted octanol–water partition coefficient (Wildman–Crippen LogP) is 18.0. The summed E-state index contributed by atoms with van der Waals surface area (Å²) in [5.41, 5.74) is 0. The summed E-state index contributed by atoms with van der Waals surface area (Å²) in [5, 5.41) is 50.1. The second-order valence-electron chi connectivity index (χ2n) is 28.5. The van der Waals surface area contributed by atoms with Gasteiger partial charge in [-0.15, -0.1) is 0 Å². The Morgan fingerprint density at radius 1 is 0.326 bits per heavy atom. The molecule has 1 aliphatic rings. The largest absolute Gasteiger partial charge is 0.466 e. The van der Waals surface area contributed by atoms with Gasteiger partial charge < -0.3 is 40.5 Å². The number of nitrogens with one attached hydrogen (secondary N) is 2. The summed E-state index contributed by atoms with van der Waals surface area (Å²) in [6, 6.07) is -1.76. The third-order valence-corrected chi connectivity index (χ3v) is 19.3. The second kappa shape index (κ2) is 65.9. The zero-order valence-corrected chi connectivity index (χ0v) is 60.9. The molecule has 0 bridgehead atoms. The number of amides is 2. The Hall–Kier alpha value is -2.36. The first-order valence-corrected chi connectivity index (χ1v) is 40.0. The van der Waals surface area contributed by atoms with Crippen LogP contribution in [0.5, 0.6) is 0 Å². The van der Waals surface area contributed by atoms with Crippen LogP contribution in [0.2, 0.25) is 0 Å². The maximum Gasteiger partial charge on any atom is 0.307 e. The van der Waals surface area contributed by atoms with E-state index < -0.39 is 60.3 Å². The number of aliphatic hydroxyl groups excluding tert-OH is 4. The molecule has 14 nitrogen and oxygen atoms in total. The van der Waals surface area contributed by atoms with E-state index in [1.807, 2.05) is 9.80 Å². The number of nitrogens with zero attached hydrogens (tertiary/aromatic N) is 2. The zero-order chi connectivity index (χ0) is 67.0. The third-order valence-electron chi connectivity index (χ3n) is 19.3. The van der Waals surface area contributed by atoms with E-state index >= 15 is 0 Å². The fraction of sp³-hybridized carbons (Fsp3) is 0.949. The Morgan fingerprint density at radius 3 is 0.707 bits per heavy atom. The average Bonchev–Trinajstić information content (AvgIpc) is 2.96. The van der Waals surface area contributed by atoms with Crippen molar-refractivity contribution >= 4 is 23.8 Å². The molecule has 0 spiro atoms. The van der Waals surface area contributed by atoms with Crippen molar-refractivity contribution in [2.24, 2.45) is 0 Å². The number of aliphatic hydroxyl groups is 4. The zero-order valence-electron chi connectivity index (χ0n) is 60.9. The van der Waals surface area contributed by atoms with Crippen LogP contribution >= 0.6 is 0 Å². The number of carbonyl (C=O) groups excluding carboxylic acids is 4. The van der Waals surface area contributed by atoms with Gasteiger partial charge in [-0.05, 0) is 25.7 Å². The first-order valence-electron chi connectivity index (χ1n) is 40.0. The molecule has 0 aliphatic carbocycles. The SMILES string of the molecule is CCCCCCCCCCCCCCC(O)CN(CCC(=O)OCCC1NC(=O)C(CCOC(=O)CCN(CC(O)CCCCCCCCCCCCCC)CC(O)CCCCCCCCCCCCCC)NC1=O)CC(O)CCCCCCCCCCCCCC. The lowest BCUT2D eigenvalue weighted by Crippen LogP contribution is -2.62. The number of piperazine rings is 1. The van der Waals surface area contributed by atoms with Crippen LogP contribution in [0.4, 0.5) is 0 Å². The van der Waals surface area contributed by atoms with E-state index in [9.17, 15) is 39.6 Å². The molecule has 92 heavy (non-hydrogen) atoms. The summed E-state index contributed by atoms with van der Waals surface area (Å²) < 4.78 is 11.2. The van der Waals surface area contributed by atoms with Crippen molar-refractivity contribution in [3.8, 4) is 0 Å². The highest BCUT2D eigenvalue weighted by atomic mass is 16.5.